The Hall–Kier alpha value is -3.60. The maximum atomic E-state index is 12.7. The van der Waals surface area contributed by atoms with Crippen LogP contribution in [0.5, 0.6) is 0 Å². The van der Waals surface area contributed by atoms with Gasteiger partial charge in [0.15, 0.2) is 0 Å². The van der Waals surface area contributed by atoms with Crippen molar-refractivity contribution in [3.63, 3.8) is 0 Å². The van der Waals surface area contributed by atoms with E-state index in [0.29, 0.717) is 6.42 Å². The van der Waals surface area contributed by atoms with Crippen LogP contribution in [0.25, 0.3) is 0 Å². The van der Waals surface area contributed by atoms with Gasteiger partial charge in [0, 0.05) is 12.1 Å². The maximum Gasteiger partial charge on any atom is 0.329 e. The zero-order valence-electron chi connectivity index (χ0n) is 16.1. The van der Waals surface area contributed by atoms with Gasteiger partial charge in [0.25, 0.3) is 0 Å². The SMILES string of the molecule is O=C(CNc1ccccc1)N[C@@H](Cc1ccccc1)C(=O)OCc1ccccc1. The van der Waals surface area contributed by atoms with Crippen LogP contribution in [0, 0.1) is 0 Å². The molecule has 1 atom stereocenters. The second-order valence-electron chi connectivity index (χ2n) is 6.62. The maximum absolute atomic E-state index is 12.7. The fourth-order valence-electron chi connectivity index (χ4n) is 2.86. The average Bonchev–Trinajstić information content (AvgIpc) is 2.78. The van der Waals surface area contributed by atoms with Gasteiger partial charge in [-0.2, -0.15) is 0 Å². The molecule has 0 saturated heterocycles. The number of amides is 1. The third-order valence-electron chi connectivity index (χ3n) is 4.35. The number of esters is 1. The van der Waals surface area contributed by atoms with E-state index >= 15 is 0 Å². The highest BCUT2D eigenvalue weighted by Crippen LogP contribution is 2.08. The van der Waals surface area contributed by atoms with E-state index in [1.807, 2.05) is 91.0 Å². The van der Waals surface area contributed by atoms with Crippen LogP contribution in [0.15, 0.2) is 91.0 Å². The lowest BCUT2D eigenvalue weighted by Crippen LogP contribution is -2.45. The fourth-order valence-corrected chi connectivity index (χ4v) is 2.86. The molecule has 3 aromatic rings. The van der Waals surface area contributed by atoms with Gasteiger partial charge in [-0.05, 0) is 23.3 Å². The Labute approximate surface area is 170 Å². The molecule has 0 aliphatic carbocycles. The predicted octanol–water partition coefficient (Wildman–Crippen LogP) is 3.57. The molecule has 0 bridgehead atoms. The molecule has 5 heteroatoms. The first kappa shape index (κ1) is 20.1. The van der Waals surface area contributed by atoms with Crippen molar-refractivity contribution in [1.29, 1.82) is 0 Å². The van der Waals surface area contributed by atoms with Crippen LogP contribution >= 0.6 is 0 Å². The second-order valence-corrected chi connectivity index (χ2v) is 6.62. The molecule has 3 rings (SSSR count). The number of benzene rings is 3. The molecule has 2 N–H and O–H groups in total. The summed E-state index contributed by atoms with van der Waals surface area (Å²) in [5, 5.41) is 5.84. The summed E-state index contributed by atoms with van der Waals surface area (Å²) in [6.45, 7) is 0.240. The minimum Gasteiger partial charge on any atom is -0.459 e. The number of ether oxygens (including phenoxy) is 1. The van der Waals surface area contributed by atoms with E-state index in [4.69, 9.17) is 4.74 Å². The highest BCUT2D eigenvalue weighted by atomic mass is 16.5. The number of nitrogens with one attached hydrogen (secondary N) is 2. The Morgan fingerprint density at radius 1 is 0.759 bits per heavy atom. The average molecular weight is 388 g/mol. The van der Waals surface area contributed by atoms with Crippen LogP contribution in [0.1, 0.15) is 11.1 Å². The van der Waals surface area contributed by atoms with Crippen LogP contribution in [-0.4, -0.2) is 24.5 Å². The molecule has 0 saturated carbocycles. The quantitative estimate of drug-likeness (QED) is 0.550. The predicted molar refractivity (Wildman–Crippen MR) is 113 cm³/mol. The van der Waals surface area contributed by atoms with Crippen LogP contribution in [0.3, 0.4) is 0 Å². The first-order valence-electron chi connectivity index (χ1n) is 9.53. The van der Waals surface area contributed by atoms with E-state index in [1.165, 1.54) is 0 Å². The molecule has 29 heavy (non-hydrogen) atoms. The summed E-state index contributed by atoms with van der Waals surface area (Å²) in [6.07, 6.45) is 0.367. The van der Waals surface area contributed by atoms with Gasteiger partial charge >= 0.3 is 5.97 Å². The monoisotopic (exact) mass is 388 g/mol. The first-order valence-corrected chi connectivity index (χ1v) is 9.53. The van der Waals surface area contributed by atoms with Gasteiger partial charge in [-0.25, -0.2) is 4.79 Å². The smallest absolute Gasteiger partial charge is 0.329 e. The molecular weight excluding hydrogens is 364 g/mol. The van der Waals surface area contributed by atoms with Gasteiger partial charge in [0.05, 0.1) is 6.54 Å². The minimum atomic E-state index is -0.758. The van der Waals surface area contributed by atoms with Crippen molar-refractivity contribution in [3.05, 3.63) is 102 Å². The summed E-state index contributed by atoms with van der Waals surface area (Å²) in [5.74, 6) is -0.725. The Morgan fingerprint density at radius 3 is 1.93 bits per heavy atom. The van der Waals surface area contributed by atoms with Gasteiger partial charge in [0.2, 0.25) is 5.91 Å². The lowest BCUT2D eigenvalue weighted by atomic mass is 10.1. The number of carbonyl (C=O) groups is 2. The molecule has 0 unspecified atom stereocenters. The summed E-state index contributed by atoms with van der Waals surface area (Å²) in [6, 6.07) is 27.7. The molecule has 5 nitrogen and oxygen atoms in total. The minimum absolute atomic E-state index is 0.0707. The van der Waals surface area contributed by atoms with Crippen molar-refractivity contribution >= 4 is 17.6 Å². The fraction of sp³-hybridized carbons (Fsp3) is 0.167. The van der Waals surface area contributed by atoms with Crippen LogP contribution in [-0.2, 0) is 27.4 Å². The summed E-state index contributed by atoms with van der Waals surface area (Å²) in [7, 11) is 0. The summed E-state index contributed by atoms with van der Waals surface area (Å²) in [5.41, 5.74) is 2.69. The number of rotatable bonds is 9. The third kappa shape index (κ3) is 6.81. The number of para-hydroxylation sites is 1. The summed E-state index contributed by atoms with van der Waals surface area (Å²) >= 11 is 0. The summed E-state index contributed by atoms with van der Waals surface area (Å²) < 4.78 is 5.45. The highest BCUT2D eigenvalue weighted by molar-refractivity contribution is 5.87. The van der Waals surface area contributed by atoms with Gasteiger partial charge < -0.3 is 15.4 Å². The topological polar surface area (TPSA) is 67.4 Å². The molecular formula is C24H24N2O3. The molecule has 0 radical (unpaired) electrons. The molecule has 148 valence electrons. The molecule has 0 aliphatic heterocycles. The zero-order valence-corrected chi connectivity index (χ0v) is 16.1. The molecule has 0 aliphatic rings. The standard InChI is InChI=1S/C24H24N2O3/c27-23(17-25-21-14-8-3-9-15-21)26-22(16-19-10-4-1-5-11-19)24(28)29-18-20-12-6-2-7-13-20/h1-15,22,25H,16-18H2,(H,26,27)/t22-/m0/s1. The molecule has 0 spiro atoms. The Bertz CT molecular complexity index is 899. The first-order chi connectivity index (χ1) is 14.2. The van der Waals surface area contributed by atoms with E-state index in [-0.39, 0.29) is 19.1 Å². The Balaban J connectivity index is 1.60. The zero-order chi connectivity index (χ0) is 20.3. The van der Waals surface area contributed by atoms with E-state index in [0.717, 1.165) is 16.8 Å². The lowest BCUT2D eigenvalue weighted by molar-refractivity contribution is -0.149. The Morgan fingerprint density at radius 2 is 1.31 bits per heavy atom. The molecule has 0 heterocycles. The Kier molecular flexibility index (Phi) is 7.41. The number of carbonyl (C=O) groups excluding carboxylic acids is 2. The molecule has 0 aromatic heterocycles. The largest absolute Gasteiger partial charge is 0.459 e. The third-order valence-corrected chi connectivity index (χ3v) is 4.35. The van der Waals surface area contributed by atoms with Crippen molar-refractivity contribution in [2.75, 3.05) is 11.9 Å². The van der Waals surface area contributed by atoms with Crippen LogP contribution in [0.4, 0.5) is 5.69 Å². The van der Waals surface area contributed by atoms with Crippen LogP contribution < -0.4 is 10.6 Å². The van der Waals surface area contributed by atoms with Gasteiger partial charge in [0.1, 0.15) is 12.6 Å². The molecule has 0 fully saturated rings. The molecule has 3 aromatic carbocycles. The summed E-state index contributed by atoms with van der Waals surface area (Å²) in [4.78, 5) is 25.1. The van der Waals surface area contributed by atoms with Crippen molar-refractivity contribution in [2.24, 2.45) is 0 Å². The highest BCUT2D eigenvalue weighted by Gasteiger charge is 2.22. The van der Waals surface area contributed by atoms with Crippen LogP contribution in [0.2, 0.25) is 0 Å². The van der Waals surface area contributed by atoms with E-state index < -0.39 is 12.0 Å². The van der Waals surface area contributed by atoms with E-state index in [9.17, 15) is 9.59 Å². The normalized spacial score (nSPS) is 11.3. The number of hydrogen-bond acceptors (Lipinski definition) is 4. The van der Waals surface area contributed by atoms with Crippen molar-refractivity contribution in [1.82, 2.24) is 5.32 Å². The van der Waals surface area contributed by atoms with Gasteiger partial charge in [-0.15, -0.1) is 0 Å². The van der Waals surface area contributed by atoms with Crippen molar-refractivity contribution in [2.45, 2.75) is 19.1 Å². The van der Waals surface area contributed by atoms with E-state index in [1.54, 1.807) is 0 Å². The lowest BCUT2D eigenvalue weighted by Gasteiger charge is -2.18. The number of hydrogen-bond donors (Lipinski definition) is 2. The van der Waals surface area contributed by atoms with E-state index in [2.05, 4.69) is 10.6 Å². The number of anilines is 1. The van der Waals surface area contributed by atoms with Crippen molar-refractivity contribution < 1.29 is 14.3 Å². The van der Waals surface area contributed by atoms with Crippen molar-refractivity contribution in [3.8, 4) is 0 Å². The second kappa shape index (κ2) is 10.7. The van der Waals surface area contributed by atoms with Gasteiger partial charge in [-0.3, -0.25) is 4.79 Å². The van der Waals surface area contributed by atoms with Gasteiger partial charge in [-0.1, -0.05) is 78.9 Å². The molecule has 1 amide bonds.